The van der Waals surface area contributed by atoms with Gasteiger partial charge in [0.1, 0.15) is 12.0 Å². The SMILES string of the molecule is CCCCNc1nc(N)nc2c1CCN(C(O)C(C)C)C2. The van der Waals surface area contributed by atoms with Gasteiger partial charge in [-0.2, -0.15) is 4.98 Å². The summed E-state index contributed by atoms with van der Waals surface area (Å²) in [7, 11) is 0. The quantitative estimate of drug-likeness (QED) is 0.691. The van der Waals surface area contributed by atoms with Crippen LogP contribution in [0.1, 0.15) is 44.9 Å². The van der Waals surface area contributed by atoms with E-state index in [0.29, 0.717) is 12.5 Å². The average molecular weight is 293 g/mol. The van der Waals surface area contributed by atoms with Gasteiger partial charge in [0.2, 0.25) is 5.95 Å². The number of hydrogen-bond donors (Lipinski definition) is 3. The predicted octanol–water partition coefficient (Wildman–Crippen LogP) is 1.60. The fraction of sp³-hybridized carbons (Fsp3) is 0.733. The lowest BCUT2D eigenvalue weighted by atomic mass is 10.0. The van der Waals surface area contributed by atoms with Crippen molar-refractivity contribution in [1.82, 2.24) is 14.9 Å². The second-order valence-electron chi connectivity index (χ2n) is 6.01. The van der Waals surface area contributed by atoms with Gasteiger partial charge in [0.15, 0.2) is 0 Å². The number of nitrogen functional groups attached to an aromatic ring is 1. The third-order valence-corrected chi connectivity index (χ3v) is 3.91. The van der Waals surface area contributed by atoms with Gasteiger partial charge in [0.05, 0.1) is 5.69 Å². The van der Waals surface area contributed by atoms with Crippen molar-refractivity contribution in [3.63, 3.8) is 0 Å². The van der Waals surface area contributed by atoms with Crippen LogP contribution in [0.3, 0.4) is 0 Å². The zero-order chi connectivity index (χ0) is 15.4. The minimum Gasteiger partial charge on any atom is -0.378 e. The lowest BCUT2D eigenvalue weighted by molar-refractivity contribution is -0.0386. The monoisotopic (exact) mass is 293 g/mol. The molecule has 0 saturated heterocycles. The Bertz CT molecular complexity index is 477. The highest BCUT2D eigenvalue weighted by atomic mass is 16.3. The number of nitrogens with one attached hydrogen (secondary N) is 1. The minimum atomic E-state index is -0.439. The molecule has 4 N–H and O–H groups in total. The van der Waals surface area contributed by atoms with Crippen molar-refractivity contribution in [2.75, 3.05) is 24.1 Å². The minimum absolute atomic E-state index is 0.202. The van der Waals surface area contributed by atoms with Crippen LogP contribution in [0.15, 0.2) is 0 Å². The molecule has 1 atom stereocenters. The topological polar surface area (TPSA) is 87.3 Å². The van der Waals surface area contributed by atoms with Crippen molar-refractivity contribution < 1.29 is 5.11 Å². The number of fused-ring (bicyclic) bond motifs is 1. The van der Waals surface area contributed by atoms with E-state index < -0.39 is 6.23 Å². The van der Waals surface area contributed by atoms with Crippen LogP contribution in [-0.4, -0.2) is 39.3 Å². The number of nitrogens with two attached hydrogens (primary N) is 1. The molecule has 21 heavy (non-hydrogen) atoms. The van der Waals surface area contributed by atoms with Gasteiger partial charge in [-0.1, -0.05) is 27.2 Å². The molecule has 0 aromatic carbocycles. The molecule has 1 aliphatic rings. The van der Waals surface area contributed by atoms with Crippen LogP contribution in [0, 0.1) is 5.92 Å². The van der Waals surface area contributed by atoms with Gasteiger partial charge in [-0.25, -0.2) is 4.98 Å². The zero-order valence-corrected chi connectivity index (χ0v) is 13.3. The van der Waals surface area contributed by atoms with Gasteiger partial charge < -0.3 is 16.2 Å². The molecular weight excluding hydrogens is 266 g/mol. The van der Waals surface area contributed by atoms with Gasteiger partial charge in [-0.05, 0) is 18.8 Å². The van der Waals surface area contributed by atoms with Gasteiger partial charge in [0, 0.05) is 25.2 Å². The van der Waals surface area contributed by atoms with Gasteiger partial charge in [0.25, 0.3) is 0 Å². The van der Waals surface area contributed by atoms with Crippen LogP contribution in [0.25, 0.3) is 0 Å². The van der Waals surface area contributed by atoms with Crippen LogP contribution >= 0.6 is 0 Å². The molecule has 118 valence electrons. The van der Waals surface area contributed by atoms with E-state index in [1.165, 1.54) is 0 Å². The molecule has 1 unspecified atom stereocenters. The number of nitrogens with zero attached hydrogens (tertiary/aromatic N) is 3. The fourth-order valence-electron chi connectivity index (χ4n) is 2.65. The number of hydrogen-bond acceptors (Lipinski definition) is 6. The lowest BCUT2D eigenvalue weighted by Crippen LogP contribution is -2.42. The Morgan fingerprint density at radius 2 is 2.14 bits per heavy atom. The molecule has 2 rings (SSSR count). The molecule has 0 aliphatic carbocycles. The summed E-state index contributed by atoms with van der Waals surface area (Å²) >= 11 is 0. The molecule has 6 nitrogen and oxygen atoms in total. The summed E-state index contributed by atoms with van der Waals surface area (Å²) in [4.78, 5) is 10.8. The first-order chi connectivity index (χ1) is 10.0. The Kier molecular flexibility index (Phi) is 5.36. The first kappa shape index (κ1) is 16.0. The van der Waals surface area contributed by atoms with Crippen molar-refractivity contribution in [1.29, 1.82) is 0 Å². The Morgan fingerprint density at radius 1 is 1.38 bits per heavy atom. The summed E-state index contributed by atoms with van der Waals surface area (Å²) in [6, 6.07) is 0. The molecule has 0 spiro atoms. The number of anilines is 2. The maximum atomic E-state index is 10.2. The summed E-state index contributed by atoms with van der Waals surface area (Å²) in [5, 5.41) is 13.6. The van der Waals surface area contributed by atoms with Gasteiger partial charge in [-0.3, -0.25) is 4.90 Å². The smallest absolute Gasteiger partial charge is 0.222 e. The van der Waals surface area contributed by atoms with E-state index >= 15 is 0 Å². The van der Waals surface area contributed by atoms with Crippen LogP contribution in [0.4, 0.5) is 11.8 Å². The number of rotatable bonds is 6. The summed E-state index contributed by atoms with van der Waals surface area (Å²) in [6.45, 7) is 8.55. The van der Waals surface area contributed by atoms with E-state index in [1.807, 2.05) is 13.8 Å². The van der Waals surface area contributed by atoms with Crippen molar-refractivity contribution in [2.24, 2.45) is 5.92 Å². The van der Waals surface area contributed by atoms with Crippen LogP contribution in [-0.2, 0) is 13.0 Å². The van der Waals surface area contributed by atoms with Gasteiger partial charge >= 0.3 is 0 Å². The lowest BCUT2D eigenvalue weighted by Gasteiger charge is -2.34. The van der Waals surface area contributed by atoms with Crippen molar-refractivity contribution in [3.8, 4) is 0 Å². The van der Waals surface area contributed by atoms with Crippen molar-refractivity contribution in [3.05, 3.63) is 11.3 Å². The largest absolute Gasteiger partial charge is 0.378 e. The highest BCUT2D eigenvalue weighted by Gasteiger charge is 2.27. The number of aromatic nitrogens is 2. The van der Waals surface area contributed by atoms with E-state index in [2.05, 4.69) is 27.1 Å². The molecule has 1 aromatic rings. The Hall–Kier alpha value is -1.40. The van der Waals surface area contributed by atoms with E-state index in [4.69, 9.17) is 5.73 Å². The number of aliphatic hydroxyl groups excluding tert-OH is 1. The number of unbranched alkanes of at least 4 members (excludes halogenated alkanes) is 1. The summed E-state index contributed by atoms with van der Waals surface area (Å²) < 4.78 is 0. The summed E-state index contributed by atoms with van der Waals surface area (Å²) in [6.07, 6.45) is 2.65. The molecule has 1 aromatic heterocycles. The molecule has 0 amide bonds. The van der Waals surface area contributed by atoms with Crippen LogP contribution in [0.5, 0.6) is 0 Å². The average Bonchev–Trinajstić information content (AvgIpc) is 2.45. The molecular formula is C15H27N5O. The highest BCUT2D eigenvalue weighted by molar-refractivity contribution is 5.50. The first-order valence-electron chi connectivity index (χ1n) is 7.84. The predicted molar refractivity (Wildman–Crippen MR) is 84.8 cm³/mol. The third-order valence-electron chi connectivity index (χ3n) is 3.91. The van der Waals surface area contributed by atoms with E-state index in [-0.39, 0.29) is 5.92 Å². The maximum Gasteiger partial charge on any atom is 0.222 e. The zero-order valence-electron chi connectivity index (χ0n) is 13.3. The summed E-state index contributed by atoms with van der Waals surface area (Å²) in [5.74, 6) is 1.37. The Balaban J connectivity index is 2.16. The van der Waals surface area contributed by atoms with Crippen molar-refractivity contribution >= 4 is 11.8 Å². The highest BCUT2D eigenvalue weighted by Crippen LogP contribution is 2.26. The number of aliphatic hydroxyl groups is 1. The molecule has 0 bridgehead atoms. The summed E-state index contributed by atoms with van der Waals surface area (Å²) in [5.41, 5.74) is 7.91. The van der Waals surface area contributed by atoms with Gasteiger partial charge in [-0.15, -0.1) is 0 Å². The Labute approximate surface area is 126 Å². The van der Waals surface area contributed by atoms with Crippen LogP contribution in [0.2, 0.25) is 0 Å². The second-order valence-corrected chi connectivity index (χ2v) is 6.01. The van der Waals surface area contributed by atoms with E-state index in [9.17, 15) is 5.11 Å². The van der Waals surface area contributed by atoms with Crippen LogP contribution < -0.4 is 11.1 Å². The standard InChI is InChI=1S/C15H27N5O/c1-4-5-7-17-13-11-6-8-20(14(21)10(2)3)9-12(11)18-15(16)19-13/h10,14,21H,4-9H2,1-3H3,(H3,16,17,18,19). The van der Waals surface area contributed by atoms with Crippen molar-refractivity contribution in [2.45, 2.75) is 52.8 Å². The molecule has 0 saturated carbocycles. The maximum absolute atomic E-state index is 10.2. The van der Waals surface area contributed by atoms with E-state index in [0.717, 1.165) is 49.4 Å². The molecule has 2 heterocycles. The van der Waals surface area contributed by atoms with E-state index in [1.54, 1.807) is 0 Å². The fourth-order valence-corrected chi connectivity index (χ4v) is 2.65. The molecule has 0 radical (unpaired) electrons. The first-order valence-corrected chi connectivity index (χ1v) is 7.84. The molecule has 1 aliphatic heterocycles. The second kappa shape index (κ2) is 7.04. The third kappa shape index (κ3) is 3.83. The molecule has 6 heteroatoms. The normalized spacial score (nSPS) is 16.8. The Morgan fingerprint density at radius 3 is 2.81 bits per heavy atom. The molecule has 0 fully saturated rings.